The number of carboxylic acid groups (broad SMARTS) is 1. The number of carbonyl (C=O) groups is 1. The lowest BCUT2D eigenvalue weighted by atomic mass is 10.1. The van der Waals surface area contributed by atoms with E-state index in [1.165, 1.54) is 22.9 Å². The first-order chi connectivity index (χ1) is 15.3. The van der Waals surface area contributed by atoms with Crippen LogP contribution in [0.15, 0.2) is 47.9 Å². The molecule has 2 aliphatic heterocycles. The van der Waals surface area contributed by atoms with E-state index in [0.717, 1.165) is 11.8 Å². The summed E-state index contributed by atoms with van der Waals surface area (Å²) in [5, 5.41) is 9.32. The van der Waals surface area contributed by atoms with Gasteiger partial charge in [0, 0.05) is 38.1 Å². The molecule has 3 heterocycles. The van der Waals surface area contributed by atoms with Crippen molar-refractivity contribution in [2.45, 2.75) is 0 Å². The summed E-state index contributed by atoms with van der Waals surface area (Å²) in [5.41, 5.74) is 0.660. The van der Waals surface area contributed by atoms with Gasteiger partial charge >= 0.3 is 5.97 Å². The largest absolute Gasteiger partial charge is 0.483 e. The quantitative estimate of drug-likeness (QED) is 0.676. The van der Waals surface area contributed by atoms with Crippen molar-refractivity contribution in [2.24, 2.45) is 0 Å². The molecule has 0 radical (unpaired) electrons. The summed E-state index contributed by atoms with van der Waals surface area (Å²) in [4.78, 5) is 28.1. The maximum atomic E-state index is 15.3. The van der Waals surface area contributed by atoms with Crippen LogP contribution in [0.5, 0.6) is 5.75 Å². The molecule has 0 bridgehead atoms. The fraction of sp³-hybridized carbons (Fsp3) is 0.217. The lowest BCUT2D eigenvalue weighted by Gasteiger charge is -2.38. The first-order valence-electron chi connectivity index (χ1n) is 10.1. The first-order valence-corrected chi connectivity index (χ1v) is 10.1. The van der Waals surface area contributed by atoms with Gasteiger partial charge in [0.25, 0.3) is 0 Å². The molecular formula is C23H19F2N3O4. The van der Waals surface area contributed by atoms with E-state index in [-0.39, 0.29) is 29.2 Å². The van der Waals surface area contributed by atoms with Crippen LogP contribution in [0, 0.1) is 11.6 Å². The van der Waals surface area contributed by atoms with Gasteiger partial charge in [0.05, 0.1) is 11.1 Å². The lowest BCUT2D eigenvalue weighted by molar-refractivity contribution is 0.0695. The Morgan fingerprint density at radius 2 is 1.72 bits per heavy atom. The van der Waals surface area contributed by atoms with Gasteiger partial charge in [-0.25, -0.2) is 13.6 Å². The average Bonchev–Trinajstić information content (AvgIpc) is 2.78. The Labute approximate surface area is 181 Å². The predicted molar refractivity (Wildman–Crippen MR) is 117 cm³/mol. The van der Waals surface area contributed by atoms with E-state index >= 15 is 4.39 Å². The molecule has 0 aliphatic carbocycles. The van der Waals surface area contributed by atoms with Gasteiger partial charge in [0.2, 0.25) is 5.43 Å². The van der Waals surface area contributed by atoms with Crippen LogP contribution >= 0.6 is 0 Å². The lowest BCUT2D eigenvalue weighted by Crippen LogP contribution is -2.47. The molecule has 0 spiro atoms. The van der Waals surface area contributed by atoms with Gasteiger partial charge in [-0.15, -0.1) is 0 Å². The topological polar surface area (TPSA) is 75.0 Å². The van der Waals surface area contributed by atoms with Crippen LogP contribution in [-0.4, -0.2) is 48.4 Å². The minimum Gasteiger partial charge on any atom is -0.483 e. The third-order valence-corrected chi connectivity index (χ3v) is 5.91. The summed E-state index contributed by atoms with van der Waals surface area (Å²) in [6.45, 7) is 6.05. The van der Waals surface area contributed by atoms with Gasteiger partial charge in [-0.05, 0) is 30.3 Å². The van der Waals surface area contributed by atoms with Crippen LogP contribution < -0.4 is 20.0 Å². The van der Waals surface area contributed by atoms with Crippen LogP contribution in [0.3, 0.4) is 0 Å². The molecule has 1 N–H and O–H groups in total. The van der Waals surface area contributed by atoms with Crippen molar-refractivity contribution in [3.05, 3.63) is 70.5 Å². The molecule has 7 nitrogen and oxygen atoms in total. The maximum absolute atomic E-state index is 15.3. The summed E-state index contributed by atoms with van der Waals surface area (Å²) in [6.07, 6.45) is 1.22. The monoisotopic (exact) mass is 439 g/mol. The molecule has 9 heteroatoms. The van der Waals surface area contributed by atoms with E-state index in [4.69, 9.17) is 4.74 Å². The third kappa shape index (κ3) is 3.08. The number of ether oxygens (including phenoxy) is 1. The second-order valence-corrected chi connectivity index (χ2v) is 7.78. The van der Waals surface area contributed by atoms with Crippen molar-refractivity contribution in [3.63, 3.8) is 0 Å². The number of aromatic nitrogens is 1. The van der Waals surface area contributed by atoms with Crippen molar-refractivity contribution in [3.8, 4) is 5.75 Å². The maximum Gasteiger partial charge on any atom is 0.341 e. The molecule has 0 amide bonds. The Hall–Kier alpha value is -3.88. The fourth-order valence-corrected chi connectivity index (χ4v) is 4.31. The van der Waals surface area contributed by atoms with E-state index < -0.39 is 22.8 Å². The highest BCUT2D eigenvalue weighted by Gasteiger charge is 2.30. The van der Waals surface area contributed by atoms with E-state index in [0.29, 0.717) is 37.4 Å². The van der Waals surface area contributed by atoms with Gasteiger partial charge in [0.1, 0.15) is 29.2 Å². The molecule has 2 aromatic carbocycles. The zero-order chi connectivity index (χ0) is 22.6. The highest BCUT2D eigenvalue weighted by atomic mass is 19.1. The van der Waals surface area contributed by atoms with Crippen LogP contribution in [0.4, 0.5) is 20.2 Å². The standard InChI is InChI=1S/C23H19F2N3O4/c1-13-12-32-22-19-16(21(29)17(23(30)31)11-28(13)19)10-18(25)20(22)27-8-6-26(7-9-27)15-4-2-14(24)3-5-15/h2-5,10-11H,1,6-9,12H2,(H,30,31). The molecule has 32 heavy (non-hydrogen) atoms. The van der Waals surface area contributed by atoms with E-state index in [9.17, 15) is 19.1 Å². The number of hydrogen-bond donors (Lipinski definition) is 1. The second-order valence-electron chi connectivity index (χ2n) is 7.78. The number of nitrogens with zero attached hydrogens (tertiary/aromatic N) is 3. The van der Waals surface area contributed by atoms with E-state index in [1.807, 2.05) is 4.90 Å². The average molecular weight is 439 g/mol. The van der Waals surface area contributed by atoms with Crippen LogP contribution in [0.2, 0.25) is 0 Å². The number of aromatic carboxylic acids is 1. The number of piperazine rings is 1. The summed E-state index contributed by atoms with van der Waals surface area (Å²) in [6, 6.07) is 7.30. The molecule has 5 rings (SSSR count). The van der Waals surface area contributed by atoms with Crippen molar-refractivity contribution in [1.82, 2.24) is 4.57 Å². The Morgan fingerprint density at radius 3 is 2.38 bits per heavy atom. The third-order valence-electron chi connectivity index (χ3n) is 5.91. The number of hydrogen-bond acceptors (Lipinski definition) is 5. The van der Waals surface area contributed by atoms with Gasteiger partial charge in [-0.3, -0.25) is 4.79 Å². The Balaban J connectivity index is 1.56. The van der Waals surface area contributed by atoms with E-state index in [1.54, 1.807) is 12.1 Å². The zero-order valence-corrected chi connectivity index (χ0v) is 17.0. The SMILES string of the molecule is C=C1COc2c(N3CCN(c4ccc(F)cc4)CC3)c(F)cc3c(=O)c(C(=O)O)cn1c23. The number of halogens is 2. The highest BCUT2D eigenvalue weighted by molar-refractivity contribution is 5.99. The van der Waals surface area contributed by atoms with Crippen molar-refractivity contribution >= 4 is 33.9 Å². The van der Waals surface area contributed by atoms with Gasteiger partial charge in [-0.2, -0.15) is 0 Å². The number of benzene rings is 2. The first kappa shape index (κ1) is 20.0. The molecule has 3 aromatic rings. The minimum absolute atomic E-state index is 0.0377. The Morgan fingerprint density at radius 1 is 1.06 bits per heavy atom. The molecule has 0 saturated carbocycles. The molecule has 1 fully saturated rings. The fourth-order valence-electron chi connectivity index (χ4n) is 4.31. The molecule has 0 atom stereocenters. The van der Waals surface area contributed by atoms with Crippen molar-refractivity contribution < 1.29 is 23.4 Å². The number of anilines is 2. The Kier molecular flexibility index (Phi) is 4.61. The molecule has 1 aromatic heterocycles. The van der Waals surface area contributed by atoms with Crippen molar-refractivity contribution in [1.29, 1.82) is 0 Å². The van der Waals surface area contributed by atoms with Gasteiger partial charge in [0.15, 0.2) is 11.6 Å². The second kappa shape index (κ2) is 7.37. The summed E-state index contributed by atoms with van der Waals surface area (Å²) < 4.78 is 35.8. The minimum atomic E-state index is -1.39. The summed E-state index contributed by atoms with van der Waals surface area (Å²) in [5.74, 6) is -2.14. The molecule has 1 saturated heterocycles. The predicted octanol–water partition coefficient (Wildman–Crippen LogP) is 3.17. The van der Waals surface area contributed by atoms with Crippen molar-refractivity contribution in [2.75, 3.05) is 42.6 Å². The summed E-state index contributed by atoms with van der Waals surface area (Å²) in [7, 11) is 0. The van der Waals surface area contributed by atoms with Crippen LogP contribution in [0.1, 0.15) is 10.4 Å². The number of carboxylic acids is 1. The highest BCUT2D eigenvalue weighted by Crippen LogP contribution is 2.41. The zero-order valence-electron chi connectivity index (χ0n) is 17.0. The summed E-state index contributed by atoms with van der Waals surface area (Å²) >= 11 is 0. The van der Waals surface area contributed by atoms with E-state index in [2.05, 4.69) is 11.5 Å². The van der Waals surface area contributed by atoms with Gasteiger partial charge in [-0.1, -0.05) is 6.58 Å². The smallest absolute Gasteiger partial charge is 0.341 e. The molecular weight excluding hydrogens is 420 g/mol. The van der Waals surface area contributed by atoms with Gasteiger partial charge < -0.3 is 24.2 Å². The number of rotatable bonds is 3. The molecule has 0 unspecified atom stereocenters. The number of pyridine rings is 1. The molecule has 164 valence electrons. The molecule has 2 aliphatic rings. The van der Waals surface area contributed by atoms with Crippen LogP contribution in [0.25, 0.3) is 16.6 Å². The Bertz CT molecular complexity index is 1330. The normalized spacial score (nSPS) is 15.8. The van der Waals surface area contributed by atoms with Crippen LogP contribution in [-0.2, 0) is 0 Å².